The number of aryl methyl sites for hydroxylation is 2. The number of thiophene rings is 1. The number of nitrogens with one attached hydrogen (secondary N) is 1. The van der Waals surface area contributed by atoms with Crippen LogP contribution in [0.25, 0.3) is 0 Å². The van der Waals surface area contributed by atoms with Crippen molar-refractivity contribution in [3.8, 4) is 0 Å². The summed E-state index contributed by atoms with van der Waals surface area (Å²) in [5, 5.41) is 12.3. The van der Waals surface area contributed by atoms with Gasteiger partial charge < -0.3 is 16.2 Å². The largest absolute Gasteiger partial charge is 0.478 e. The highest BCUT2D eigenvalue weighted by Gasteiger charge is 2.13. The monoisotopic (exact) mass is 290 g/mol. The third-order valence-corrected chi connectivity index (χ3v) is 4.20. The Labute approximate surface area is 122 Å². The predicted molar refractivity (Wildman–Crippen MR) is 83.6 cm³/mol. The van der Waals surface area contributed by atoms with Crippen molar-refractivity contribution in [3.63, 3.8) is 0 Å². The Bertz CT molecular complexity index is 649. The topological polar surface area (TPSA) is 75.3 Å². The summed E-state index contributed by atoms with van der Waals surface area (Å²) in [6.07, 6.45) is 0. The van der Waals surface area contributed by atoms with Gasteiger partial charge in [-0.15, -0.1) is 11.3 Å². The third-order valence-electron chi connectivity index (χ3n) is 3.22. The molecule has 0 radical (unpaired) electrons. The van der Waals surface area contributed by atoms with Crippen molar-refractivity contribution in [2.24, 2.45) is 0 Å². The van der Waals surface area contributed by atoms with E-state index in [0.717, 1.165) is 0 Å². The van der Waals surface area contributed by atoms with Crippen LogP contribution in [0.3, 0.4) is 0 Å². The minimum absolute atomic E-state index is 0.0753. The van der Waals surface area contributed by atoms with Crippen LogP contribution >= 0.6 is 11.3 Å². The molecule has 0 spiro atoms. The molecule has 4 nitrogen and oxygen atoms in total. The van der Waals surface area contributed by atoms with Crippen LogP contribution in [0.1, 0.15) is 38.6 Å². The molecule has 1 heterocycles. The lowest BCUT2D eigenvalue weighted by Gasteiger charge is -2.17. The van der Waals surface area contributed by atoms with E-state index in [2.05, 4.69) is 25.2 Å². The quantitative estimate of drug-likeness (QED) is 0.748. The summed E-state index contributed by atoms with van der Waals surface area (Å²) < 4.78 is 0. The molecule has 0 bridgehead atoms. The minimum atomic E-state index is -0.955. The number of carboxylic acid groups (broad SMARTS) is 1. The first-order chi connectivity index (χ1) is 9.38. The summed E-state index contributed by atoms with van der Waals surface area (Å²) in [5.74, 6) is -0.955. The molecule has 1 unspecified atom stereocenters. The first-order valence-electron chi connectivity index (χ1n) is 6.34. The average Bonchev–Trinajstić information content (AvgIpc) is 2.71. The van der Waals surface area contributed by atoms with E-state index in [-0.39, 0.29) is 11.6 Å². The van der Waals surface area contributed by atoms with Crippen molar-refractivity contribution in [2.45, 2.75) is 26.8 Å². The number of anilines is 2. The number of benzene rings is 1. The van der Waals surface area contributed by atoms with E-state index >= 15 is 0 Å². The normalized spacial score (nSPS) is 12.2. The maximum absolute atomic E-state index is 11.0. The maximum Gasteiger partial charge on any atom is 0.335 e. The molecule has 106 valence electrons. The molecular formula is C15H18N2O2S. The Morgan fingerprint density at radius 2 is 2.05 bits per heavy atom. The first kappa shape index (κ1) is 14.4. The van der Waals surface area contributed by atoms with Gasteiger partial charge >= 0.3 is 5.97 Å². The standard InChI is InChI=1S/C15H18N2O2S/c1-8-6-12(10(3)20-8)9(2)17-14-7-11(15(18)19)4-5-13(14)16/h4-7,9,17H,16H2,1-3H3,(H,18,19). The molecule has 0 amide bonds. The van der Waals surface area contributed by atoms with Crippen LogP contribution in [-0.4, -0.2) is 11.1 Å². The number of rotatable bonds is 4. The Morgan fingerprint density at radius 3 is 2.60 bits per heavy atom. The fourth-order valence-electron chi connectivity index (χ4n) is 2.21. The lowest BCUT2D eigenvalue weighted by molar-refractivity contribution is 0.0697. The van der Waals surface area contributed by atoms with Gasteiger partial charge in [-0.3, -0.25) is 0 Å². The number of hydrogen-bond donors (Lipinski definition) is 3. The van der Waals surface area contributed by atoms with Crippen molar-refractivity contribution in [2.75, 3.05) is 11.1 Å². The molecule has 1 aromatic carbocycles. The van der Waals surface area contributed by atoms with E-state index in [1.54, 1.807) is 23.5 Å². The van der Waals surface area contributed by atoms with Crippen LogP contribution in [0.2, 0.25) is 0 Å². The highest BCUT2D eigenvalue weighted by atomic mass is 32.1. The van der Waals surface area contributed by atoms with Crippen molar-refractivity contribution in [1.82, 2.24) is 0 Å². The number of carboxylic acids is 1. The van der Waals surface area contributed by atoms with Crippen molar-refractivity contribution < 1.29 is 9.90 Å². The van der Waals surface area contributed by atoms with Gasteiger partial charge in [-0.25, -0.2) is 4.79 Å². The van der Waals surface area contributed by atoms with Crippen LogP contribution in [0.5, 0.6) is 0 Å². The van der Waals surface area contributed by atoms with Gasteiger partial charge in [0.15, 0.2) is 0 Å². The van der Waals surface area contributed by atoms with Crippen LogP contribution < -0.4 is 11.1 Å². The Balaban J connectivity index is 2.27. The maximum atomic E-state index is 11.0. The molecule has 0 saturated heterocycles. The second-order valence-corrected chi connectivity index (χ2v) is 6.30. The number of nitrogen functional groups attached to an aromatic ring is 1. The van der Waals surface area contributed by atoms with Gasteiger partial charge in [0.25, 0.3) is 0 Å². The van der Waals surface area contributed by atoms with Crippen LogP contribution in [0.15, 0.2) is 24.3 Å². The highest BCUT2D eigenvalue weighted by Crippen LogP contribution is 2.30. The van der Waals surface area contributed by atoms with Gasteiger partial charge in [0, 0.05) is 15.8 Å². The molecule has 20 heavy (non-hydrogen) atoms. The highest BCUT2D eigenvalue weighted by molar-refractivity contribution is 7.12. The van der Waals surface area contributed by atoms with E-state index in [9.17, 15) is 4.79 Å². The number of aromatic carboxylic acids is 1. The number of nitrogens with two attached hydrogens (primary N) is 1. The van der Waals surface area contributed by atoms with Gasteiger partial charge in [0.1, 0.15) is 0 Å². The predicted octanol–water partition coefficient (Wildman–Crippen LogP) is 3.82. The number of hydrogen-bond acceptors (Lipinski definition) is 4. The minimum Gasteiger partial charge on any atom is -0.478 e. The zero-order chi connectivity index (χ0) is 14.9. The molecule has 0 fully saturated rings. The summed E-state index contributed by atoms with van der Waals surface area (Å²) in [6, 6.07) is 6.92. The van der Waals surface area contributed by atoms with Crippen molar-refractivity contribution in [3.05, 3.63) is 45.1 Å². The van der Waals surface area contributed by atoms with Gasteiger partial charge in [0.05, 0.1) is 16.9 Å². The Morgan fingerprint density at radius 1 is 1.35 bits per heavy atom. The van der Waals surface area contributed by atoms with Crippen LogP contribution in [0, 0.1) is 13.8 Å². The molecule has 2 aromatic rings. The summed E-state index contributed by atoms with van der Waals surface area (Å²) in [6.45, 7) is 6.21. The molecule has 1 aromatic heterocycles. The smallest absolute Gasteiger partial charge is 0.335 e. The second-order valence-electron chi connectivity index (χ2n) is 4.84. The molecule has 0 aliphatic rings. The van der Waals surface area contributed by atoms with Gasteiger partial charge in [-0.2, -0.15) is 0 Å². The molecule has 0 saturated carbocycles. The molecular weight excluding hydrogens is 272 g/mol. The summed E-state index contributed by atoms with van der Waals surface area (Å²) in [7, 11) is 0. The Hall–Kier alpha value is -2.01. The summed E-state index contributed by atoms with van der Waals surface area (Å²) >= 11 is 1.75. The Kier molecular flexibility index (Phi) is 3.99. The van der Waals surface area contributed by atoms with Crippen molar-refractivity contribution in [1.29, 1.82) is 0 Å². The fraction of sp³-hybridized carbons (Fsp3) is 0.267. The number of carbonyl (C=O) groups is 1. The van der Waals surface area contributed by atoms with Crippen LogP contribution in [-0.2, 0) is 0 Å². The molecule has 0 aliphatic carbocycles. The van der Waals surface area contributed by atoms with Gasteiger partial charge in [-0.1, -0.05) is 0 Å². The molecule has 5 heteroatoms. The van der Waals surface area contributed by atoms with E-state index < -0.39 is 5.97 Å². The van der Waals surface area contributed by atoms with Gasteiger partial charge in [-0.05, 0) is 50.6 Å². The first-order valence-corrected chi connectivity index (χ1v) is 7.16. The van der Waals surface area contributed by atoms with E-state index in [0.29, 0.717) is 11.4 Å². The van der Waals surface area contributed by atoms with E-state index in [1.807, 2.05) is 6.92 Å². The lowest BCUT2D eigenvalue weighted by atomic mass is 10.1. The second kappa shape index (κ2) is 5.54. The summed E-state index contributed by atoms with van der Waals surface area (Å²) in [5.41, 5.74) is 8.55. The SMILES string of the molecule is Cc1cc(C(C)Nc2cc(C(=O)O)ccc2N)c(C)s1. The zero-order valence-electron chi connectivity index (χ0n) is 11.7. The average molecular weight is 290 g/mol. The lowest BCUT2D eigenvalue weighted by Crippen LogP contribution is -2.09. The van der Waals surface area contributed by atoms with Crippen molar-refractivity contribution >= 4 is 28.7 Å². The fourth-order valence-corrected chi connectivity index (χ4v) is 3.23. The third kappa shape index (κ3) is 2.93. The molecule has 4 N–H and O–H groups in total. The van der Waals surface area contributed by atoms with Gasteiger partial charge in [0.2, 0.25) is 0 Å². The molecule has 0 aliphatic heterocycles. The molecule has 2 rings (SSSR count). The zero-order valence-corrected chi connectivity index (χ0v) is 12.5. The van der Waals surface area contributed by atoms with E-state index in [1.165, 1.54) is 21.4 Å². The van der Waals surface area contributed by atoms with Crippen LogP contribution in [0.4, 0.5) is 11.4 Å². The summed E-state index contributed by atoms with van der Waals surface area (Å²) in [4.78, 5) is 13.5. The van der Waals surface area contributed by atoms with E-state index in [4.69, 9.17) is 10.8 Å². The molecule has 1 atom stereocenters.